The molecular weight excluding hydrogens is 212 g/mol. The normalized spacial score (nSPS) is 29.6. The van der Waals surface area contributed by atoms with Crippen molar-refractivity contribution in [3.05, 3.63) is 0 Å². The molecule has 0 aromatic carbocycles. The standard InChI is InChI=1S/C15H30O2/c1-11(2)15(6,7)17-16-13-8-12(3)9-14(4,5)10-13/h11-13H,8-10H2,1-7H3. The second-order valence-electron chi connectivity index (χ2n) is 7.47. The molecule has 17 heavy (non-hydrogen) atoms. The molecule has 0 bridgehead atoms. The topological polar surface area (TPSA) is 18.5 Å². The monoisotopic (exact) mass is 242 g/mol. The van der Waals surface area contributed by atoms with E-state index in [0.717, 1.165) is 18.8 Å². The molecular formula is C15H30O2. The molecule has 0 N–H and O–H groups in total. The van der Waals surface area contributed by atoms with E-state index in [4.69, 9.17) is 9.78 Å². The van der Waals surface area contributed by atoms with Crippen molar-refractivity contribution in [1.29, 1.82) is 0 Å². The van der Waals surface area contributed by atoms with Crippen LogP contribution in [0.3, 0.4) is 0 Å². The largest absolute Gasteiger partial charge is 0.233 e. The van der Waals surface area contributed by atoms with Crippen LogP contribution in [0.4, 0.5) is 0 Å². The van der Waals surface area contributed by atoms with Crippen molar-refractivity contribution < 1.29 is 9.78 Å². The van der Waals surface area contributed by atoms with Crippen LogP contribution in [0.1, 0.15) is 67.7 Å². The van der Waals surface area contributed by atoms with E-state index in [-0.39, 0.29) is 11.7 Å². The molecule has 1 fully saturated rings. The summed E-state index contributed by atoms with van der Waals surface area (Å²) in [4.78, 5) is 11.4. The van der Waals surface area contributed by atoms with Crippen LogP contribution in [0.5, 0.6) is 0 Å². The second kappa shape index (κ2) is 5.27. The van der Waals surface area contributed by atoms with Crippen molar-refractivity contribution in [2.75, 3.05) is 0 Å². The van der Waals surface area contributed by atoms with Crippen LogP contribution in [0, 0.1) is 17.3 Å². The minimum Gasteiger partial charge on any atom is -0.233 e. The molecule has 0 amide bonds. The average molecular weight is 242 g/mol. The van der Waals surface area contributed by atoms with Crippen molar-refractivity contribution in [2.45, 2.75) is 79.4 Å². The van der Waals surface area contributed by atoms with Crippen LogP contribution in [0.2, 0.25) is 0 Å². The molecule has 0 spiro atoms. The maximum Gasteiger partial charge on any atom is 0.100 e. The van der Waals surface area contributed by atoms with Gasteiger partial charge in [-0.15, -0.1) is 0 Å². The van der Waals surface area contributed by atoms with E-state index in [1.54, 1.807) is 0 Å². The SMILES string of the molecule is CC1CC(OOC(C)(C)C(C)C)CC(C)(C)C1. The Morgan fingerprint density at radius 2 is 1.76 bits per heavy atom. The van der Waals surface area contributed by atoms with Crippen molar-refractivity contribution in [1.82, 2.24) is 0 Å². The lowest BCUT2D eigenvalue weighted by molar-refractivity contribution is -0.392. The first-order valence-electron chi connectivity index (χ1n) is 6.97. The van der Waals surface area contributed by atoms with Gasteiger partial charge in [-0.2, -0.15) is 0 Å². The van der Waals surface area contributed by atoms with Crippen LogP contribution in [-0.2, 0) is 9.78 Å². The van der Waals surface area contributed by atoms with Crippen molar-refractivity contribution in [2.24, 2.45) is 17.3 Å². The minimum atomic E-state index is -0.204. The van der Waals surface area contributed by atoms with E-state index in [1.807, 2.05) is 0 Å². The third kappa shape index (κ3) is 4.59. The first-order chi connectivity index (χ1) is 7.62. The summed E-state index contributed by atoms with van der Waals surface area (Å²) in [7, 11) is 0. The highest BCUT2D eigenvalue weighted by Gasteiger charge is 2.34. The van der Waals surface area contributed by atoms with Gasteiger partial charge in [0.25, 0.3) is 0 Å². The molecule has 2 unspecified atom stereocenters. The lowest BCUT2D eigenvalue weighted by atomic mass is 9.71. The van der Waals surface area contributed by atoms with Gasteiger partial charge in [-0.05, 0) is 50.4 Å². The van der Waals surface area contributed by atoms with Gasteiger partial charge in [-0.3, -0.25) is 0 Å². The molecule has 1 aliphatic carbocycles. The summed E-state index contributed by atoms with van der Waals surface area (Å²) < 4.78 is 0. The molecule has 0 heterocycles. The predicted molar refractivity (Wildman–Crippen MR) is 71.7 cm³/mol. The van der Waals surface area contributed by atoms with E-state index in [0.29, 0.717) is 11.3 Å². The average Bonchev–Trinajstić information content (AvgIpc) is 2.11. The fourth-order valence-corrected chi connectivity index (χ4v) is 2.62. The Hall–Kier alpha value is -0.0800. The van der Waals surface area contributed by atoms with Gasteiger partial charge in [-0.1, -0.05) is 34.6 Å². The molecule has 102 valence electrons. The maximum atomic E-state index is 5.72. The Kier molecular flexibility index (Phi) is 4.65. The number of hydrogen-bond acceptors (Lipinski definition) is 2. The summed E-state index contributed by atoms with van der Waals surface area (Å²) in [6.45, 7) is 15.5. The molecule has 1 saturated carbocycles. The highest BCUT2D eigenvalue weighted by Crippen LogP contribution is 2.40. The van der Waals surface area contributed by atoms with E-state index < -0.39 is 0 Å². The van der Waals surface area contributed by atoms with Gasteiger partial charge in [0, 0.05) is 0 Å². The molecule has 0 aromatic heterocycles. The lowest BCUT2D eigenvalue weighted by Crippen LogP contribution is -2.37. The third-order valence-corrected chi connectivity index (χ3v) is 4.14. The summed E-state index contributed by atoms with van der Waals surface area (Å²) >= 11 is 0. The Morgan fingerprint density at radius 1 is 1.18 bits per heavy atom. The van der Waals surface area contributed by atoms with Crippen LogP contribution in [-0.4, -0.2) is 11.7 Å². The first kappa shape index (κ1) is 15.0. The molecule has 0 aromatic rings. The van der Waals surface area contributed by atoms with Crippen LogP contribution >= 0.6 is 0 Å². The Bertz CT molecular complexity index is 243. The Balaban J connectivity index is 2.47. The highest BCUT2D eigenvalue weighted by atomic mass is 17.2. The van der Waals surface area contributed by atoms with Crippen molar-refractivity contribution in [3.8, 4) is 0 Å². The Labute approximate surface area is 107 Å². The van der Waals surface area contributed by atoms with Gasteiger partial charge in [0.05, 0.1) is 6.10 Å². The minimum absolute atomic E-state index is 0.204. The molecule has 2 heteroatoms. The van der Waals surface area contributed by atoms with Crippen molar-refractivity contribution in [3.63, 3.8) is 0 Å². The molecule has 0 aliphatic heterocycles. The fraction of sp³-hybridized carbons (Fsp3) is 1.00. The van der Waals surface area contributed by atoms with Crippen LogP contribution < -0.4 is 0 Å². The predicted octanol–water partition coefficient (Wildman–Crippen LogP) is 4.58. The van der Waals surface area contributed by atoms with E-state index >= 15 is 0 Å². The quantitative estimate of drug-likeness (QED) is 0.530. The van der Waals surface area contributed by atoms with E-state index in [1.165, 1.54) is 6.42 Å². The summed E-state index contributed by atoms with van der Waals surface area (Å²) in [6.07, 6.45) is 3.77. The molecule has 1 rings (SSSR count). The molecule has 0 saturated heterocycles. The third-order valence-electron chi connectivity index (χ3n) is 4.14. The maximum absolute atomic E-state index is 5.72. The zero-order valence-electron chi connectivity index (χ0n) is 12.7. The number of rotatable bonds is 4. The smallest absolute Gasteiger partial charge is 0.100 e. The Morgan fingerprint density at radius 3 is 2.24 bits per heavy atom. The zero-order valence-corrected chi connectivity index (χ0v) is 12.7. The molecule has 2 nitrogen and oxygen atoms in total. The summed E-state index contributed by atoms with van der Waals surface area (Å²) in [5.41, 5.74) is 0.179. The fourth-order valence-electron chi connectivity index (χ4n) is 2.62. The molecule has 0 radical (unpaired) electrons. The zero-order chi connectivity index (χ0) is 13.3. The van der Waals surface area contributed by atoms with Crippen molar-refractivity contribution >= 4 is 0 Å². The summed E-state index contributed by atoms with van der Waals surface area (Å²) in [5.74, 6) is 1.19. The summed E-state index contributed by atoms with van der Waals surface area (Å²) in [5, 5.41) is 0. The van der Waals surface area contributed by atoms with Gasteiger partial charge < -0.3 is 0 Å². The summed E-state index contributed by atoms with van der Waals surface area (Å²) in [6, 6.07) is 0. The molecule has 2 atom stereocenters. The highest BCUT2D eigenvalue weighted by molar-refractivity contribution is 4.83. The van der Waals surface area contributed by atoms with Gasteiger partial charge in [0.2, 0.25) is 0 Å². The lowest BCUT2D eigenvalue weighted by Gasteiger charge is -2.39. The first-order valence-corrected chi connectivity index (χ1v) is 6.97. The van der Waals surface area contributed by atoms with E-state index in [2.05, 4.69) is 48.5 Å². The molecule has 1 aliphatic rings. The van der Waals surface area contributed by atoms with E-state index in [9.17, 15) is 0 Å². The van der Waals surface area contributed by atoms with Gasteiger partial charge in [0.15, 0.2) is 0 Å². The van der Waals surface area contributed by atoms with Crippen LogP contribution in [0.15, 0.2) is 0 Å². The van der Waals surface area contributed by atoms with Gasteiger partial charge in [0.1, 0.15) is 5.60 Å². The van der Waals surface area contributed by atoms with Gasteiger partial charge >= 0.3 is 0 Å². The van der Waals surface area contributed by atoms with Crippen LogP contribution in [0.25, 0.3) is 0 Å². The number of hydrogen-bond donors (Lipinski definition) is 0. The second-order valence-corrected chi connectivity index (χ2v) is 7.47. The van der Waals surface area contributed by atoms with Gasteiger partial charge in [-0.25, -0.2) is 9.78 Å².